The summed E-state index contributed by atoms with van der Waals surface area (Å²) in [6.07, 6.45) is 0.858. The molecule has 0 atom stereocenters. The Balaban J connectivity index is 2.44. The van der Waals surface area contributed by atoms with Crippen molar-refractivity contribution < 1.29 is 23.1 Å². The summed E-state index contributed by atoms with van der Waals surface area (Å²) in [5, 5.41) is 8.56. The normalized spacial score (nSPS) is 18.9. The molecule has 0 amide bonds. The average Bonchev–Trinajstić information content (AvgIpc) is 2.61. The van der Waals surface area contributed by atoms with Crippen LogP contribution in [0.1, 0.15) is 19.3 Å². The highest BCUT2D eigenvalue weighted by Gasteiger charge is 2.24. The summed E-state index contributed by atoms with van der Waals surface area (Å²) >= 11 is 0. The lowest BCUT2D eigenvalue weighted by Gasteiger charge is -2.21. The van der Waals surface area contributed by atoms with Gasteiger partial charge in [-0.15, -0.1) is 0 Å². The second kappa shape index (κ2) is 8.56. The molecule has 0 aromatic heterocycles. The molecule has 0 bridgehead atoms. The minimum Gasteiger partial charge on any atom is -0.481 e. The summed E-state index contributed by atoms with van der Waals surface area (Å²) in [6.45, 7) is 4.00. The summed E-state index contributed by atoms with van der Waals surface area (Å²) < 4.78 is 30.8. The number of carboxylic acid groups (broad SMARTS) is 1. The van der Waals surface area contributed by atoms with Gasteiger partial charge in [-0.05, 0) is 19.4 Å². The molecular weight excluding hydrogens is 284 g/mol. The first-order valence-electron chi connectivity index (χ1n) is 6.86. The summed E-state index contributed by atoms with van der Waals surface area (Å²) in [7, 11) is -1.68. The van der Waals surface area contributed by atoms with Crippen molar-refractivity contribution in [1.82, 2.24) is 9.21 Å². The third kappa shape index (κ3) is 6.17. The Morgan fingerprint density at radius 2 is 2.00 bits per heavy atom. The van der Waals surface area contributed by atoms with Gasteiger partial charge in [0.05, 0.1) is 12.4 Å². The Bertz CT molecular complexity index is 399. The summed E-state index contributed by atoms with van der Waals surface area (Å²) in [6, 6.07) is 0. The molecule has 8 heteroatoms. The maximum Gasteiger partial charge on any atom is 0.303 e. The first-order chi connectivity index (χ1) is 9.45. The van der Waals surface area contributed by atoms with Gasteiger partial charge < -0.3 is 9.84 Å². The van der Waals surface area contributed by atoms with E-state index in [1.54, 1.807) is 7.11 Å². The Morgan fingerprint density at radius 1 is 1.25 bits per heavy atom. The van der Waals surface area contributed by atoms with E-state index in [0.717, 1.165) is 19.5 Å². The summed E-state index contributed by atoms with van der Waals surface area (Å²) in [5.74, 6) is -1.04. The van der Waals surface area contributed by atoms with E-state index < -0.39 is 16.0 Å². The van der Waals surface area contributed by atoms with Gasteiger partial charge in [-0.2, -0.15) is 0 Å². The predicted molar refractivity (Wildman–Crippen MR) is 75.2 cm³/mol. The maximum absolute atomic E-state index is 12.1. The van der Waals surface area contributed by atoms with Crippen molar-refractivity contribution in [3.63, 3.8) is 0 Å². The van der Waals surface area contributed by atoms with Crippen LogP contribution < -0.4 is 0 Å². The van der Waals surface area contributed by atoms with Crippen molar-refractivity contribution in [1.29, 1.82) is 0 Å². The maximum atomic E-state index is 12.1. The topological polar surface area (TPSA) is 87.2 Å². The van der Waals surface area contributed by atoms with E-state index in [2.05, 4.69) is 4.90 Å². The minimum absolute atomic E-state index is 0.0859. The second-order valence-electron chi connectivity index (χ2n) is 4.90. The standard InChI is InChI=1S/C12H24N2O5S/c1-19-10-9-13-5-3-6-14(8-7-13)20(17,18)11-2-4-12(15)16/h2-11H2,1H3,(H,15,16). The van der Waals surface area contributed by atoms with Crippen LogP contribution in [0.25, 0.3) is 0 Å². The fourth-order valence-corrected chi connectivity index (χ4v) is 3.74. The lowest BCUT2D eigenvalue weighted by atomic mass is 10.3. The van der Waals surface area contributed by atoms with Crippen LogP contribution in [-0.4, -0.2) is 80.9 Å². The van der Waals surface area contributed by atoms with Crippen LogP contribution in [-0.2, 0) is 19.6 Å². The van der Waals surface area contributed by atoms with E-state index in [9.17, 15) is 13.2 Å². The SMILES string of the molecule is COCCN1CCCN(S(=O)(=O)CCCC(=O)O)CC1. The average molecular weight is 308 g/mol. The van der Waals surface area contributed by atoms with Crippen LogP contribution in [0.15, 0.2) is 0 Å². The van der Waals surface area contributed by atoms with Gasteiger partial charge in [0.1, 0.15) is 0 Å². The Kier molecular flexibility index (Phi) is 7.42. The number of hydrogen-bond donors (Lipinski definition) is 1. The van der Waals surface area contributed by atoms with E-state index in [1.807, 2.05) is 0 Å². The molecule has 0 aromatic rings. The smallest absolute Gasteiger partial charge is 0.303 e. The van der Waals surface area contributed by atoms with Gasteiger partial charge in [0, 0.05) is 39.7 Å². The van der Waals surface area contributed by atoms with Crippen molar-refractivity contribution in [2.45, 2.75) is 19.3 Å². The quantitative estimate of drug-likeness (QED) is 0.670. The lowest BCUT2D eigenvalue weighted by Crippen LogP contribution is -2.37. The highest BCUT2D eigenvalue weighted by Crippen LogP contribution is 2.10. The molecule has 1 aliphatic heterocycles. The number of sulfonamides is 1. The predicted octanol–water partition coefficient (Wildman–Crippen LogP) is -0.165. The highest BCUT2D eigenvalue weighted by molar-refractivity contribution is 7.89. The van der Waals surface area contributed by atoms with Crippen molar-refractivity contribution in [2.75, 3.05) is 52.2 Å². The molecule has 20 heavy (non-hydrogen) atoms. The molecule has 0 saturated carbocycles. The molecule has 0 unspecified atom stereocenters. The fraction of sp³-hybridized carbons (Fsp3) is 0.917. The van der Waals surface area contributed by atoms with Gasteiger partial charge in [-0.3, -0.25) is 9.69 Å². The monoisotopic (exact) mass is 308 g/mol. The first kappa shape index (κ1) is 17.4. The second-order valence-corrected chi connectivity index (χ2v) is 6.99. The van der Waals surface area contributed by atoms with Gasteiger partial charge >= 0.3 is 5.97 Å². The number of methoxy groups -OCH3 is 1. The first-order valence-corrected chi connectivity index (χ1v) is 8.47. The number of hydrogen-bond acceptors (Lipinski definition) is 5. The van der Waals surface area contributed by atoms with Crippen LogP contribution in [0.4, 0.5) is 0 Å². The van der Waals surface area contributed by atoms with Crippen molar-refractivity contribution in [3.05, 3.63) is 0 Å². The third-order valence-corrected chi connectivity index (χ3v) is 5.30. The number of carbonyl (C=O) groups is 1. The molecule has 1 saturated heterocycles. The summed E-state index contributed by atoms with van der Waals surface area (Å²) in [4.78, 5) is 12.6. The molecule has 0 spiro atoms. The Hall–Kier alpha value is -0.700. The van der Waals surface area contributed by atoms with Crippen molar-refractivity contribution in [2.24, 2.45) is 0 Å². The van der Waals surface area contributed by atoms with Crippen LogP contribution in [0.3, 0.4) is 0 Å². The Morgan fingerprint density at radius 3 is 2.65 bits per heavy atom. The van der Waals surface area contributed by atoms with Crippen molar-refractivity contribution in [3.8, 4) is 0 Å². The van der Waals surface area contributed by atoms with Gasteiger partial charge in [0.25, 0.3) is 0 Å². The number of carboxylic acids is 1. The van der Waals surface area contributed by atoms with Crippen molar-refractivity contribution >= 4 is 16.0 Å². The third-order valence-electron chi connectivity index (χ3n) is 3.35. The van der Waals surface area contributed by atoms with E-state index in [-0.39, 0.29) is 18.6 Å². The lowest BCUT2D eigenvalue weighted by molar-refractivity contribution is -0.137. The molecule has 0 aliphatic carbocycles. The van der Waals surface area contributed by atoms with Crippen LogP contribution in [0.2, 0.25) is 0 Å². The van der Waals surface area contributed by atoms with E-state index >= 15 is 0 Å². The molecule has 0 aromatic carbocycles. The summed E-state index contributed by atoms with van der Waals surface area (Å²) in [5.41, 5.74) is 0. The minimum atomic E-state index is -3.33. The zero-order chi connectivity index (χ0) is 15.0. The van der Waals surface area contributed by atoms with Gasteiger partial charge in [-0.25, -0.2) is 12.7 Å². The van der Waals surface area contributed by atoms with Gasteiger partial charge in [0.2, 0.25) is 10.0 Å². The highest BCUT2D eigenvalue weighted by atomic mass is 32.2. The molecule has 1 N–H and O–H groups in total. The molecule has 1 heterocycles. The zero-order valence-electron chi connectivity index (χ0n) is 12.0. The van der Waals surface area contributed by atoms with E-state index in [1.165, 1.54) is 4.31 Å². The molecular formula is C12H24N2O5S. The molecule has 0 radical (unpaired) electrons. The van der Waals surface area contributed by atoms with Crippen LogP contribution in [0.5, 0.6) is 0 Å². The molecule has 7 nitrogen and oxygen atoms in total. The van der Waals surface area contributed by atoms with Crippen LogP contribution >= 0.6 is 0 Å². The number of nitrogens with zero attached hydrogens (tertiary/aromatic N) is 2. The number of aliphatic carboxylic acids is 1. The van der Waals surface area contributed by atoms with Gasteiger partial charge in [-0.1, -0.05) is 0 Å². The molecule has 118 valence electrons. The zero-order valence-corrected chi connectivity index (χ0v) is 12.8. The van der Waals surface area contributed by atoms with E-state index in [4.69, 9.17) is 9.84 Å². The molecule has 1 rings (SSSR count). The molecule has 1 fully saturated rings. The van der Waals surface area contributed by atoms with Gasteiger partial charge in [0.15, 0.2) is 0 Å². The fourth-order valence-electron chi connectivity index (χ4n) is 2.20. The Labute approximate surface area is 120 Å². The largest absolute Gasteiger partial charge is 0.481 e. The number of ether oxygens (including phenoxy) is 1. The number of rotatable bonds is 8. The van der Waals surface area contributed by atoms with E-state index in [0.29, 0.717) is 26.2 Å². The molecule has 1 aliphatic rings. The van der Waals surface area contributed by atoms with Crippen LogP contribution in [0, 0.1) is 0 Å².